The Balaban J connectivity index is 1.93. The fourth-order valence-corrected chi connectivity index (χ4v) is 2.83. The number of hydrogen-bond acceptors (Lipinski definition) is 6. The molecule has 0 aliphatic heterocycles. The highest BCUT2D eigenvalue weighted by Crippen LogP contribution is 2.28. The van der Waals surface area contributed by atoms with Crippen molar-refractivity contribution in [1.82, 2.24) is 14.9 Å². The van der Waals surface area contributed by atoms with Gasteiger partial charge in [-0.3, -0.25) is 0 Å². The van der Waals surface area contributed by atoms with E-state index in [2.05, 4.69) is 15.6 Å². The molecule has 2 aromatic carbocycles. The van der Waals surface area contributed by atoms with E-state index in [4.69, 9.17) is 26.4 Å². The summed E-state index contributed by atoms with van der Waals surface area (Å²) in [7, 11) is 4.89. The minimum absolute atomic E-state index is 0.452. The number of methoxy groups -OCH3 is 3. The quantitative estimate of drug-likeness (QED) is 0.620. The van der Waals surface area contributed by atoms with E-state index in [0.717, 1.165) is 22.6 Å². The zero-order chi connectivity index (χ0) is 18.5. The molecule has 0 saturated carbocycles. The van der Waals surface area contributed by atoms with Gasteiger partial charge in [-0.25, -0.2) is 9.77 Å². The zero-order valence-corrected chi connectivity index (χ0v) is 15.6. The predicted octanol–water partition coefficient (Wildman–Crippen LogP) is 3.38. The van der Waals surface area contributed by atoms with Crippen LogP contribution in [0.15, 0.2) is 42.5 Å². The van der Waals surface area contributed by atoms with E-state index in [9.17, 15) is 0 Å². The Morgan fingerprint density at radius 1 is 1.04 bits per heavy atom. The third kappa shape index (κ3) is 3.50. The highest BCUT2D eigenvalue weighted by Gasteiger charge is 2.14. The maximum Gasteiger partial charge on any atom is 0.214 e. The largest absolute Gasteiger partial charge is 0.497 e. The van der Waals surface area contributed by atoms with Crippen LogP contribution >= 0.6 is 12.2 Å². The van der Waals surface area contributed by atoms with Crippen LogP contribution in [0.2, 0.25) is 0 Å². The number of H-pyrrole nitrogens is 1. The van der Waals surface area contributed by atoms with Gasteiger partial charge in [0.05, 0.1) is 33.4 Å². The Morgan fingerprint density at radius 2 is 1.81 bits per heavy atom. The maximum atomic E-state index is 5.43. The summed E-state index contributed by atoms with van der Waals surface area (Å²) in [5.74, 6) is 2.85. The number of nitrogens with one attached hydrogen (secondary N) is 2. The van der Waals surface area contributed by atoms with Crippen molar-refractivity contribution < 1.29 is 14.2 Å². The minimum atomic E-state index is 0.452. The van der Waals surface area contributed by atoms with E-state index >= 15 is 0 Å². The van der Waals surface area contributed by atoms with Gasteiger partial charge >= 0.3 is 0 Å². The molecule has 0 spiro atoms. The summed E-state index contributed by atoms with van der Waals surface area (Å²) >= 11 is 5.36. The lowest BCUT2D eigenvalue weighted by atomic mass is 10.2. The summed E-state index contributed by atoms with van der Waals surface area (Å²) in [6.07, 6.45) is 0. The molecule has 3 rings (SSSR count). The van der Waals surface area contributed by atoms with Crippen LogP contribution in [0.4, 0.5) is 0 Å². The smallest absolute Gasteiger partial charge is 0.214 e. The average Bonchev–Trinajstić information content (AvgIpc) is 3.06. The van der Waals surface area contributed by atoms with Crippen molar-refractivity contribution in [1.29, 1.82) is 0 Å². The molecular formula is C18H20N4O3S. The van der Waals surface area contributed by atoms with Crippen LogP contribution in [0.1, 0.15) is 5.56 Å². The standard InChI is InChI=1S/C18H20N4O3S/c1-23-13-8-9-15(24-2)12(10-13)11-19-22-17(20-21-18(22)26)14-6-4-5-7-16(14)25-3/h4-10,19H,11H2,1-3H3,(H,21,26). The minimum Gasteiger partial charge on any atom is -0.497 e. The van der Waals surface area contributed by atoms with Gasteiger partial charge < -0.3 is 19.6 Å². The molecule has 8 heteroatoms. The number of benzene rings is 2. The lowest BCUT2D eigenvalue weighted by Gasteiger charge is -2.14. The molecule has 0 saturated heterocycles. The van der Waals surface area contributed by atoms with Crippen LogP contribution in [-0.4, -0.2) is 36.2 Å². The van der Waals surface area contributed by atoms with Crippen molar-refractivity contribution >= 4 is 12.2 Å². The fraction of sp³-hybridized carbons (Fsp3) is 0.222. The lowest BCUT2D eigenvalue weighted by Crippen LogP contribution is -2.16. The summed E-state index contributed by atoms with van der Waals surface area (Å²) < 4.78 is 18.3. The number of rotatable bonds is 7. The SMILES string of the molecule is COc1ccc(OC)c(CNn2c(-c3ccccc3OC)n[nH]c2=S)c1. The Hall–Kier alpha value is -3.00. The molecule has 1 aromatic heterocycles. The molecular weight excluding hydrogens is 352 g/mol. The van der Waals surface area contributed by atoms with E-state index in [1.165, 1.54) is 0 Å². The first-order valence-electron chi connectivity index (χ1n) is 7.93. The van der Waals surface area contributed by atoms with E-state index in [-0.39, 0.29) is 0 Å². The predicted molar refractivity (Wildman–Crippen MR) is 102 cm³/mol. The maximum absolute atomic E-state index is 5.43. The first-order valence-corrected chi connectivity index (χ1v) is 8.34. The van der Waals surface area contributed by atoms with Gasteiger partial charge in [0.25, 0.3) is 0 Å². The van der Waals surface area contributed by atoms with Gasteiger partial charge in [-0.05, 0) is 42.5 Å². The molecule has 2 N–H and O–H groups in total. The summed E-state index contributed by atoms with van der Waals surface area (Å²) in [4.78, 5) is 0. The van der Waals surface area contributed by atoms with E-state index < -0.39 is 0 Å². The second kappa shape index (κ2) is 7.92. The topological polar surface area (TPSA) is 73.3 Å². The van der Waals surface area contributed by atoms with Gasteiger partial charge in [-0.2, -0.15) is 5.10 Å². The molecule has 0 amide bonds. The van der Waals surface area contributed by atoms with Gasteiger partial charge in [-0.1, -0.05) is 12.1 Å². The molecule has 7 nitrogen and oxygen atoms in total. The number of aromatic nitrogens is 3. The average molecular weight is 372 g/mol. The van der Waals surface area contributed by atoms with Gasteiger partial charge in [-0.15, -0.1) is 0 Å². The number of hydrogen-bond donors (Lipinski definition) is 2. The molecule has 0 unspecified atom stereocenters. The zero-order valence-electron chi connectivity index (χ0n) is 14.8. The Bertz CT molecular complexity index is 952. The van der Waals surface area contributed by atoms with Crippen LogP contribution in [-0.2, 0) is 6.54 Å². The van der Waals surface area contributed by atoms with E-state index in [1.807, 2.05) is 42.5 Å². The molecule has 0 atom stereocenters. The van der Waals surface area contributed by atoms with Crippen molar-refractivity contribution in [3.05, 3.63) is 52.8 Å². The van der Waals surface area contributed by atoms with Gasteiger partial charge in [0.2, 0.25) is 4.77 Å². The van der Waals surface area contributed by atoms with Crippen LogP contribution in [0, 0.1) is 4.77 Å². The molecule has 0 aliphatic rings. The second-order valence-corrected chi connectivity index (χ2v) is 5.79. The number of aromatic amines is 1. The first-order chi connectivity index (χ1) is 12.7. The fourth-order valence-electron chi connectivity index (χ4n) is 2.64. The van der Waals surface area contributed by atoms with Crippen LogP contribution in [0.3, 0.4) is 0 Å². The van der Waals surface area contributed by atoms with Gasteiger partial charge in [0.1, 0.15) is 17.2 Å². The highest BCUT2D eigenvalue weighted by atomic mass is 32.1. The van der Waals surface area contributed by atoms with Crippen LogP contribution in [0.5, 0.6) is 17.2 Å². The molecule has 0 fully saturated rings. The molecule has 0 radical (unpaired) electrons. The Morgan fingerprint density at radius 3 is 2.54 bits per heavy atom. The normalized spacial score (nSPS) is 10.4. The third-order valence-electron chi connectivity index (χ3n) is 3.94. The lowest BCUT2D eigenvalue weighted by molar-refractivity contribution is 0.399. The molecule has 0 bridgehead atoms. The van der Waals surface area contributed by atoms with Crippen molar-refractivity contribution in [3.63, 3.8) is 0 Å². The number of nitrogens with zero attached hydrogens (tertiary/aromatic N) is 2. The second-order valence-electron chi connectivity index (χ2n) is 5.40. The first kappa shape index (κ1) is 17.8. The Kier molecular flexibility index (Phi) is 5.43. The number of ether oxygens (including phenoxy) is 3. The van der Waals surface area contributed by atoms with E-state index in [0.29, 0.717) is 22.9 Å². The summed E-state index contributed by atoms with van der Waals surface area (Å²) in [5.41, 5.74) is 5.04. The van der Waals surface area contributed by atoms with Crippen molar-refractivity contribution in [3.8, 4) is 28.6 Å². The molecule has 26 heavy (non-hydrogen) atoms. The monoisotopic (exact) mass is 372 g/mol. The summed E-state index contributed by atoms with van der Waals surface area (Å²) in [6.45, 7) is 0.469. The Labute approximate surface area is 156 Å². The van der Waals surface area contributed by atoms with Crippen molar-refractivity contribution in [2.24, 2.45) is 0 Å². The summed E-state index contributed by atoms with van der Waals surface area (Å²) in [5, 5.41) is 7.15. The highest BCUT2D eigenvalue weighted by molar-refractivity contribution is 7.71. The third-order valence-corrected chi connectivity index (χ3v) is 4.21. The summed E-state index contributed by atoms with van der Waals surface area (Å²) in [6, 6.07) is 13.3. The molecule has 136 valence electrons. The van der Waals surface area contributed by atoms with Crippen LogP contribution in [0.25, 0.3) is 11.4 Å². The van der Waals surface area contributed by atoms with Gasteiger partial charge in [0.15, 0.2) is 5.82 Å². The van der Waals surface area contributed by atoms with Crippen LogP contribution < -0.4 is 19.6 Å². The molecule has 3 aromatic rings. The molecule has 0 aliphatic carbocycles. The van der Waals surface area contributed by atoms with Gasteiger partial charge in [0, 0.05) is 5.56 Å². The number of para-hydroxylation sites is 1. The van der Waals surface area contributed by atoms with Crippen molar-refractivity contribution in [2.45, 2.75) is 6.54 Å². The van der Waals surface area contributed by atoms with E-state index in [1.54, 1.807) is 26.0 Å². The molecule has 1 heterocycles. The van der Waals surface area contributed by atoms with Crippen molar-refractivity contribution in [2.75, 3.05) is 26.8 Å².